The summed E-state index contributed by atoms with van der Waals surface area (Å²) in [5.41, 5.74) is 1.83. The van der Waals surface area contributed by atoms with E-state index in [0.717, 1.165) is 17.7 Å². The van der Waals surface area contributed by atoms with Crippen molar-refractivity contribution in [3.63, 3.8) is 0 Å². The lowest BCUT2D eigenvalue weighted by Crippen LogP contribution is -2.30. The summed E-state index contributed by atoms with van der Waals surface area (Å²) in [6.07, 6.45) is 0. The van der Waals surface area contributed by atoms with Crippen molar-refractivity contribution in [1.82, 2.24) is 4.90 Å². The van der Waals surface area contributed by atoms with E-state index in [9.17, 15) is 18.4 Å². The van der Waals surface area contributed by atoms with E-state index in [4.69, 9.17) is 4.42 Å². The molecule has 1 unspecified atom stereocenters. The molecule has 0 aliphatic carbocycles. The number of nitrogens with zero attached hydrogens (tertiary/aromatic N) is 1. The van der Waals surface area contributed by atoms with E-state index in [1.807, 2.05) is 30.3 Å². The van der Waals surface area contributed by atoms with E-state index in [1.165, 1.54) is 11.0 Å². The van der Waals surface area contributed by atoms with Crippen molar-refractivity contribution >= 4 is 16.9 Å². The topological polar surface area (TPSA) is 50.5 Å². The van der Waals surface area contributed by atoms with E-state index in [0.29, 0.717) is 22.3 Å². The Hall–Kier alpha value is -3.80. The first-order valence-corrected chi connectivity index (χ1v) is 10.1. The van der Waals surface area contributed by atoms with Gasteiger partial charge in [0.25, 0.3) is 5.91 Å². The summed E-state index contributed by atoms with van der Waals surface area (Å²) in [7, 11) is 1.57. The third kappa shape index (κ3) is 3.68. The fourth-order valence-corrected chi connectivity index (χ4v) is 3.70. The minimum atomic E-state index is -0.977. The molecule has 0 saturated carbocycles. The molecule has 162 valence electrons. The molecule has 1 aromatic heterocycles. The van der Waals surface area contributed by atoms with Crippen LogP contribution < -0.4 is 5.43 Å². The number of halogens is 2. The summed E-state index contributed by atoms with van der Waals surface area (Å²) in [5, 5.41) is 0.307. The van der Waals surface area contributed by atoms with E-state index >= 15 is 0 Å². The van der Waals surface area contributed by atoms with Gasteiger partial charge in [0.15, 0.2) is 22.6 Å². The van der Waals surface area contributed by atoms with Gasteiger partial charge in [-0.05, 0) is 43.7 Å². The summed E-state index contributed by atoms with van der Waals surface area (Å²) in [6, 6.07) is 17.1. The van der Waals surface area contributed by atoms with Crippen LogP contribution in [0.15, 0.2) is 75.9 Å². The normalized spacial score (nSPS) is 12.0. The molecule has 0 aliphatic heterocycles. The van der Waals surface area contributed by atoms with Gasteiger partial charge in [-0.15, -0.1) is 0 Å². The number of carbonyl (C=O) groups excluding carboxylic acids is 1. The van der Waals surface area contributed by atoms with Gasteiger partial charge in [-0.1, -0.05) is 42.5 Å². The zero-order valence-corrected chi connectivity index (χ0v) is 17.9. The lowest BCUT2D eigenvalue weighted by atomic mass is 10.0. The van der Waals surface area contributed by atoms with Crippen LogP contribution in [-0.4, -0.2) is 17.9 Å². The van der Waals surface area contributed by atoms with Crippen LogP contribution >= 0.6 is 0 Å². The van der Waals surface area contributed by atoms with Crippen LogP contribution in [0.25, 0.3) is 22.3 Å². The smallest absolute Gasteiger partial charge is 0.257 e. The second-order valence-electron chi connectivity index (χ2n) is 7.70. The highest BCUT2D eigenvalue weighted by Gasteiger charge is 2.24. The fourth-order valence-electron chi connectivity index (χ4n) is 3.70. The van der Waals surface area contributed by atoms with Crippen LogP contribution in [-0.2, 0) is 0 Å². The van der Waals surface area contributed by atoms with Gasteiger partial charge in [-0.2, -0.15) is 0 Å². The average Bonchev–Trinajstić information content (AvgIpc) is 2.82. The molecule has 0 N–H and O–H groups in total. The van der Waals surface area contributed by atoms with Crippen molar-refractivity contribution in [2.24, 2.45) is 0 Å². The monoisotopic (exact) mass is 433 g/mol. The average molecular weight is 433 g/mol. The summed E-state index contributed by atoms with van der Waals surface area (Å²) in [5.74, 6) is -1.93. The first kappa shape index (κ1) is 21.4. The van der Waals surface area contributed by atoms with Crippen molar-refractivity contribution in [2.45, 2.75) is 19.9 Å². The van der Waals surface area contributed by atoms with E-state index in [2.05, 4.69) is 0 Å². The Morgan fingerprint density at radius 2 is 1.69 bits per heavy atom. The van der Waals surface area contributed by atoms with E-state index < -0.39 is 23.6 Å². The molecule has 4 nitrogen and oxygen atoms in total. The molecule has 0 bridgehead atoms. The van der Waals surface area contributed by atoms with Gasteiger partial charge in [0.2, 0.25) is 0 Å². The lowest BCUT2D eigenvalue weighted by Gasteiger charge is -2.26. The van der Waals surface area contributed by atoms with Gasteiger partial charge in [0, 0.05) is 18.2 Å². The summed E-state index contributed by atoms with van der Waals surface area (Å²) in [6.45, 7) is 3.41. The Morgan fingerprint density at radius 1 is 0.969 bits per heavy atom. The van der Waals surface area contributed by atoms with Crippen LogP contribution in [0.3, 0.4) is 0 Å². The molecule has 6 heteroatoms. The van der Waals surface area contributed by atoms with Gasteiger partial charge < -0.3 is 9.32 Å². The number of hydrogen-bond donors (Lipinski definition) is 0. The zero-order chi connectivity index (χ0) is 23.0. The lowest BCUT2D eigenvalue weighted by molar-refractivity contribution is 0.0743. The van der Waals surface area contributed by atoms with Crippen molar-refractivity contribution in [3.8, 4) is 11.3 Å². The molecule has 0 saturated heterocycles. The Labute approximate surface area is 183 Å². The number of hydrogen-bond acceptors (Lipinski definition) is 3. The number of carbonyl (C=O) groups is 1. The molecular weight excluding hydrogens is 412 g/mol. The van der Waals surface area contributed by atoms with Crippen LogP contribution in [0.4, 0.5) is 8.78 Å². The molecule has 3 aromatic carbocycles. The molecule has 4 rings (SSSR count). The Balaban J connectivity index is 1.81. The van der Waals surface area contributed by atoms with Gasteiger partial charge >= 0.3 is 0 Å². The van der Waals surface area contributed by atoms with Crippen molar-refractivity contribution in [1.29, 1.82) is 0 Å². The van der Waals surface area contributed by atoms with Crippen LogP contribution in [0.5, 0.6) is 0 Å². The SMILES string of the molecule is Cc1c(-c2ccccc2)oc2c(C(=O)N(C)C(C)c3ccc(F)c(F)c3)cccc2c1=O. The Bertz CT molecular complexity index is 1380. The first-order chi connectivity index (χ1) is 15.3. The van der Waals surface area contributed by atoms with Gasteiger partial charge in [-0.3, -0.25) is 9.59 Å². The maximum Gasteiger partial charge on any atom is 0.257 e. The second kappa shape index (κ2) is 8.38. The molecule has 1 heterocycles. The predicted molar refractivity (Wildman–Crippen MR) is 120 cm³/mol. The number of benzene rings is 3. The Morgan fingerprint density at radius 3 is 2.38 bits per heavy atom. The molecule has 0 fully saturated rings. The van der Waals surface area contributed by atoms with Gasteiger partial charge in [0.1, 0.15) is 5.76 Å². The minimum absolute atomic E-state index is 0.191. The molecule has 1 atom stereocenters. The third-order valence-electron chi connectivity index (χ3n) is 5.74. The van der Waals surface area contributed by atoms with E-state index in [-0.39, 0.29) is 16.6 Å². The number of amides is 1. The van der Waals surface area contributed by atoms with Crippen LogP contribution in [0, 0.1) is 18.6 Å². The summed E-state index contributed by atoms with van der Waals surface area (Å²) < 4.78 is 33.1. The van der Waals surface area contributed by atoms with Gasteiger partial charge in [0.05, 0.1) is 17.0 Å². The molecule has 32 heavy (non-hydrogen) atoms. The highest BCUT2D eigenvalue weighted by atomic mass is 19.2. The largest absolute Gasteiger partial charge is 0.455 e. The molecule has 4 aromatic rings. The predicted octanol–water partition coefficient (Wildman–Crippen LogP) is 5.88. The maximum absolute atomic E-state index is 13.7. The van der Waals surface area contributed by atoms with Crippen molar-refractivity contribution in [2.75, 3.05) is 7.05 Å². The zero-order valence-electron chi connectivity index (χ0n) is 17.9. The standard InChI is InChI=1S/C26H21F2NO3/c1-15-23(30)19-10-7-11-20(25(19)32-24(15)17-8-5-4-6-9-17)26(31)29(3)16(2)18-12-13-21(27)22(28)14-18/h4-14,16H,1-3H3. The maximum atomic E-state index is 13.7. The van der Waals surface area contributed by atoms with Gasteiger partial charge in [-0.25, -0.2) is 8.78 Å². The number of rotatable bonds is 4. The number of para-hydroxylation sites is 1. The van der Waals surface area contributed by atoms with Crippen LogP contribution in [0.2, 0.25) is 0 Å². The summed E-state index contributed by atoms with van der Waals surface area (Å²) in [4.78, 5) is 27.8. The molecule has 0 aliphatic rings. The third-order valence-corrected chi connectivity index (χ3v) is 5.74. The van der Waals surface area contributed by atoms with E-state index in [1.54, 1.807) is 39.1 Å². The summed E-state index contributed by atoms with van der Waals surface area (Å²) >= 11 is 0. The highest BCUT2D eigenvalue weighted by Crippen LogP contribution is 2.29. The number of fused-ring (bicyclic) bond motifs is 1. The first-order valence-electron chi connectivity index (χ1n) is 10.1. The molecular formula is C26H21F2NO3. The highest BCUT2D eigenvalue weighted by molar-refractivity contribution is 6.05. The van der Waals surface area contributed by atoms with Crippen molar-refractivity contribution in [3.05, 3.63) is 105 Å². The molecule has 0 spiro atoms. The minimum Gasteiger partial charge on any atom is -0.455 e. The van der Waals surface area contributed by atoms with Crippen LogP contribution in [0.1, 0.15) is 34.5 Å². The quantitative estimate of drug-likeness (QED) is 0.404. The second-order valence-corrected chi connectivity index (χ2v) is 7.70. The van der Waals surface area contributed by atoms with Crippen molar-refractivity contribution < 1.29 is 18.0 Å². The Kier molecular flexibility index (Phi) is 5.61. The molecule has 0 radical (unpaired) electrons. The molecule has 1 amide bonds. The fraction of sp³-hybridized carbons (Fsp3) is 0.154.